The van der Waals surface area contributed by atoms with Crippen molar-refractivity contribution in [3.05, 3.63) is 71.8 Å². The van der Waals surface area contributed by atoms with Crippen LogP contribution in [0, 0.1) is 12.7 Å². The van der Waals surface area contributed by atoms with Crippen LogP contribution < -0.4 is 16.0 Å². The van der Waals surface area contributed by atoms with Gasteiger partial charge in [0, 0.05) is 39.8 Å². The number of halogens is 1. The number of hydrogen-bond donors (Lipinski definition) is 2. The second-order valence-corrected chi connectivity index (χ2v) is 8.71. The van der Waals surface area contributed by atoms with Crippen molar-refractivity contribution in [1.82, 2.24) is 14.9 Å². The van der Waals surface area contributed by atoms with Gasteiger partial charge in [-0.3, -0.25) is 9.79 Å². The third-order valence-electron chi connectivity index (χ3n) is 5.64. The lowest BCUT2D eigenvalue weighted by molar-refractivity contribution is -0.109. The summed E-state index contributed by atoms with van der Waals surface area (Å²) >= 11 is 0. The van der Waals surface area contributed by atoms with E-state index < -0.39 is 0 Å². The minimum Gasteiger partial charge on any atom is -0.382 e. The number of carbonyl (C=O) groups excluding carboxylic acids is 1. The van der Waals surface area contributed by atoms with Gasteiger partial charge in [0.15, 0.2) is 5.84 Å². The van der Waals surface area contributed by atoms with E-state index in [-0.39, 0.29) is 5.82 Å². The molecule has 0 aliphatic carbocycles. The third kappa shape index (κ3) is 8.97. The molecule has 1 aromatic carbocycles. The quantitative estimate of drug-likeness (QED) is 0.313. The zero-order chi connectivity index (χ0) is 28.7. The standard InChI is InChI=1S/C18H26N6O.C9H12FN.C2H6/c1-4-6-9-14-23-16-17(24(14)11-8-7-10-20-12-25)15(21-5-2)13(3)22-18(16)19;1-7-4-5-9(11(2)3)8(10)6-7;1-2/h5,12H,2-4,6-11H2,1H3,(H2,19,22)(H,20,25);4-6H,1-3H3;1-2H3. The van der Waals surface area contributed by atoms with Gasteiger partial charge in [-0.05, 0) is 43.9 Å². The molecule has 38 heavy (non-hydrogen) atoms. The number of fused-ring (bicyclic) bond motifs is 1. The molecule has 0 spiro atoms. The van der Waals surface area contributed by atoms with Crippen molar-refractivity contribution in [2.75, 3.05) is 25.5 Å². The Kier molecular flexibility index (Phi) is 14.3. The number of aromatic nitrogens is 2. The maximum atomic E-state index is 13.1. The highest BCUT2D eigenvalue weighted by Gasteiger charge is 2.28. The van der Waals surface area contributed by atoms with Crippen LogP contribution in [0.5, 0.6) is 0 Å². The lowest BCUT2D eigenvalue weighted by Crippen LogP contribution is -2.26. The number of nitrogens with two attached hydrogens (primary N) is 1. The van der Waals surface area contributed by atoms with Crippen molar-refractivity contribution < 1.29 is 9.18 Å². The first-order valence-electron chi connectivity index (χ1n) is 13.2. The Balaban J connectivity index is 0.000000463. The highest BCUT2D eigenvalue weighted by molar-refractivity contribution is 6.21. The van der Waals surface area contributed by atoms with E-state index in [1.807, 2.05) is 40.9 Å². The Morgan fingerprint density at radius 1 is 1.24 bits per heavy atom. The predicted octanol–water partition coefficient (Wildman–Crippen LogP) is 5.14. The van der Waals surface area contributed by atoms with E-state index in [9.17, 15) is 9.18 Å². The van der Waals surface area contributed by atoms with Crippen LogP contribution >= 0.6 is 0 Å². The minimum atomic E-state index is -0.157. The molecule has 1 aliphatic heterocycles. The summed E-state index contributed by atoms with van der Waals surface area (Å²) in [6, 6.07) is 5.22. The summed E-state index contributed by atoms with van der Waals surface area (Å²) in [4.78, 5) is 25.5. The van der Waals surface area contributed by atoms with Gasteiger partial charge in [0.1, 0.15) is 28.7 Å². The number of imidazole rings is 1. The van der Waals surface area contributed by atoms with E-state index in [1.165, 1.54) is 12.3 Å². The fourth-order valence-corrected chi connectivity index (χ4v) is 3.83. The molecular weight excluding hydrogens is 481 g/mol. The second-order valence-electron chi connectivity index (χ2n) is 8.71. The van der Waals surface area contributed by atoms with Crippen LogP contribution in [0.3, 0.4) is 0 Å². The molecule has 1 aliphatic rings. The van der Waals surface area contributed by atoms with E-state index in [0.29, 0.717) is 35.2 Å². The van der Waals surface area contributed by atoms with E-state index in [1.54, 1.807) is 11.0 Å². The number of benzene rings is 1. The molecule has 0 fully saturated rings. The highest BCUT2D eigenvalue weighted by Crippen LogP contribution is 2.24. The van der Waals surface area contributed by atoms with Crippen LogP contribution in [-0.2, 0) is 17.8 Å². The number of allylic oxidation sites excluding steroid dienone is 1. The van der Waals surface area contributed by atoms with E-state index in [0.717, 1.165) is 62.1 Å². The van der Waals surface area contributed by atoms with Crippen LogP contribution in [0.15, 0.2) is 53.2 Å². The molecule has 0 radical (unpaired) electrons. The first-order chi connectivity index (χ1) is 18.2. The summed E-state index contributed by atoms with van der Waals surface area (Å²) in [5.74, 6) is 1.21. The normalized spacial score (nSPS) is 12.9. The molecule has 1 aromatic heterocycles. The SMILES string of the molecule is C=CN=C1C(=C)N=C(N)c2nc(CCCC)n(CCCCNC=O)c21.CC.Cc1ccc(N(C)C)c(F)c1. The van der Waals surface area contributed by atoms with Crippen molar-refractivity contribution in [2.45, 2.75) is 66.3 Å². The zero-order valence-electron chi connectivity index (χ0n) is 23.9. The second kappa shape index (κ2) is 16.9. The Labute approximate surface area is 227 Å². The molecule has 0 saturated heterocycles. The number of rotatable bonds is 11. The number of amides is 1. The van der Waals surface area contributed by atoms with Gasteiger partial charge in [0.2, 0.25) is 6.41 Å². The fraction of sp³-hybridized carbons (Fsp3) is 0.448. The van der Waals surface area contributed by atoms with Crippen molar-refractivity contribution in [3.8, 4) is 0 Å². The number of anilines is 1. The molecule has 3 N–H and O–H groups in total. The molecule has 2 aromatic rings. The Morgan fingerprint density at radius 3 is 2.53 bits per heavy atom. The van der Waals surface area contributed by atoms with Crippen LogP contribution in [0.2, 0.25) is 0 Å². The van der Waals surface area contributed by atoms with Gasteiger partial charge in [0.05, 0.1) is 11.4 Å². The summed E-state index contributed by atoms with van der Waals surface area (Å²) in [6.45, 7) is 17.1. The Hall–Kier alpha value is -3.75. The number of hydrogen-bond acceptors (Lipinski definition) is 6. The molecule has 0 bridgehead atoms. The van der Waals surface area contributed by atoms with Crippen molar-refractivity contribution >= 4 is 23.6 Å². The number of nitrogens with zero attached hydrogens (tertiary/aromatic N) is 5. The van der Waals surface area contributed by atoms with Crippen LogP contribution in [0.1, 0.15) is 69.2 Å². The van der Waals surface area contributed by atoms with E-state index in [4.69, 9.17) is 10.7 Å². The monoisotopic (exact) mass is 525 g/mol. The van der Waals surface area contributed by atoms with E-state index in [2.05, 4.69) is 40.0 Å². The molecule has 1 amide bonds. The molecule has 8 nitrogen and oxygen atoms in total. The third-order valence-corrected chi connectivity index (χ3v) is 5.64. The van der Waals surface area contributed by atoms with Gasteiger partial charge < -0.3 is 20.5 Å². The maximum absolute atomic E-state index is 13.1. The average molecular weight is 526 g/mol. The lowest BCUT2D eigenvalue weighted by Gasteiger charge is -2.17. The lowest BCUT2D eigenvalue weighted by atomic mass is 10.1. The number of nitrogens with one attached hydrogen (secondary N) is 1. The maximum Gasteiger partial charge on any atom is 0.207 e. The smallest absolute Gasteiger partial charge is 0.207 e. The van der Waals surface area contributed by atoms with Gasteiger partial charge in [-0.2, -0.15) is 0 Å². The van der Waals surface area contributed by atoms with Gasteiger partial charge in [-0.15, -0.1) is 0 Å². The van der Waals surface area contributed by atoms with Crippen molar-refractivity contribution in [1.29, 1.82) is 0 Å². The van der Waals surface area contributed by atoms with Crippen LogP contribution in [0.4, 0.5) is 10.1 Å². The number of carbonyl (C=O) groups is 1. The van der Waals surface area contributed by atoms with Gasteiger partial charge in [0.25, 0.3) is 0 Å². The van der Waals surface area contributed by atoms with Gasteiger partial charge in [-0.25, -0.2) is 14.4 Å². The highest BCUT2D eigenvalue weighted by atomic mass is 19.1. The van der Waals surface area contributed by atoms with E-state index >= 15 is 0 Å². The Bertz CT molecular complexity index is 1130. The van der Waals surface area contributed by atoms with Gasteiger partial charge in [-0.1, -0.05) is 46.4 Å². The van der Waals surface area contributed by atoms with Gasteiger partial charge >= 0.3 is 0 Å². The summed E-state index contributed by atoms with van der Waals surface area (Å²) < 4.78 is 15.2. The first-order valence-corrected chi connectivity index (χ1v) is 13.2. The number of unbranched alkanes of at least 4 members (excludes halogenated alkanes) is 2. The summed E-state index contributed by atoms with van der Waals surface area (Å²) in [5.41, 5.74) is 10.4. The van der Waals surface area contributed by atoms with Crippen molar-refractivity contribution in [2.24, 2.45) is 15.7 Å². The molecule has 208 valence electrons. The van der Waals surface area contributed by atoms with Crippen molar-refractivity contribution in [3.63, 3.8) is 0 Å². The topological polar surface area (TPSA) is 101 Å². The predicted molar refractivity (Wildman–Crippen MR) is 158 cm³/mol. The Morgan fingerprint density at radius 2 is 1.95 bits per heavy atom. The number of aryl methyl sites for hydroxylation is 2. The number of amidine groups is 1. The summed E-state index contributed by atoms with van der Waals surface area (Å²) in [6.07, 6.45) is 7.02. The molecule has 0 saturated carbocycles. The zero-order valence-corrected chi connectivity index (χ0v) is 23.9. The minimum absolute atomic E-state index is 0.157. The summed E-state index contributed by atoms with van der Waals surface area (Å²) in [7, 11) is 3.65. The molecular formula is C29H44FN7O. The largest absolute Gasteiger partial charge is 0.382 e. The molecule has 9 heteroatoms. The molecule has 3 rings (SSSR count). The first kappa shape index (κ1) is 32.3. The molecule has 2 heterocycles. The molecule has 0 unspecified atom stereocenters. The fourth-order valence-electron chi connectivity index (χ4n) is 3.83. The van der Waals surface area contributed by atoms with Crippen LogP contribution in [0.25, 0.3) is 0 Å². The van der Waals surface area contributed by atoms with Crippen LogP contribution in [-0.4, -0.2) is 48.1 Å². The molecule has 0 atom stereocenters. The summed E-state index contributed by atoms with van der Waals surface area (Å²) in [5, 5.41) is 2.69. The number of aliphatic imine (C=N–C) groups is 2. The average Bonchev–Trinajstić information content (AvgIpc) is 3.25.